The van der Waals surface area contributed by atoms with Gasteiger partial charge < -0.3 is 20.3 Å². The fourth-order valence-corrected chi connectivity index (χ4v) is 13.0. The van der Waals surface area contributed by atoms with Crippen LogP contribution in [0.15, 0.2) is 12.2 Å². The van der Waals surface area contributed by atoms with Crippen LogP contribution in [0, 0.1) is 0 Å². The second kappa shape index (κ2) is 76.1. The summed E-state index contributed by atoms with van der Waals surface area (Å²) in [6, 6.07) is -0.541. The molecular weight excluding hydrogens is 1050 g/mol. The van der Waals surface area contributed by atoms with E-state index in [1.165, 1.54) is 392 Å². The first-order chi connectivity index (χ1) is 42.5. The first-order valence-corrected chi connectivity index (χ1v) is 39.9. The Bertz CT molecular complexity index is 1300. The number of aliphatic hydroxyl groups is 2. The molecule has 0 aromatic heterocycles. The molecule has 0 radical (unpaired) electrons. The van der Waals surface area contributed by atoms with E-state index in [1.807, 2.05) is 0 Å². The fraction of sp³-hybridized carbons (Fsp3) is 0.950. The summed E-state index contributed by atoms with van der Waals surface area (Å²) >= 11 is 0. The number of nitrogens with one attached hydrogen (secondary N) is 1. The van der Waals surface area contributed by atoms with Gasteiger partial charge in [-0.3, -0.25) is 9.59 Å². The van der Waals surface area contributed by atoms with Gasteiger partial charge >= 0.3 is 5.97 Å². The van der Waals surface area contributed by atoms with Gasteiger partial charge in [-0.1, -0.05) is 411 Å². The van der Waals surface area contributed by atoms with Crippen LogP contribution in [-0.2, 0) is 14.3 Å². The number of carbonyl (C=O) groups excluding carboxylic acids is 2. The first kappa shape index (κ1) is 84.6. The molecule has 0 rings (SSSR count). The summed E-state index contributed by atoms with van der Waals surface area (Å²) < 4.78 is 5.51. The number of allylic oxidation sites excluding steroid dienone is 2. The Balaban J connectivity index is 3.35. The van der Waals surface area contributed by atoms with E-state index in [9.17, 15) is 19.8 Å². The van der Waals surface area contributed by atoms with Crippen molar-refractivity contribution in [2.75, 3.05) is 13.2 Å². The van der Waals surface area contributed by atoms with Gasteiger partial charge in [0.05, 0.1) is 25.4 Å². The van der Waals surface area contributed by atoms with E-state index in [0.29, 0.717) is 25.9 Å². The maximum absolute atomic E-state index is 12.6. The van der Waals surface area contributed by atoms with Crippen molar-refractivity contribution in [2.45, 2.75) is 475 Å². The lowest BCUT2D eigenvalue weighted by Gasteiger charge is -2.22. The second-order valence-corrected chi connectivity index (χ2v) is 27.8. The normalized spacial score (nSPS) is 12.5. The van der Waals surface area contributed by atoms with Crippen molar-refractivity contribution in [3.05, 3.63) is 12.2 Å². The van der Waals surface area contributed by atoms with E-state index in [2.05, 4.69) is 31.3 Å². The summed E-state index contributed by atoms with van der Waals surface area (Å²) in [4.78, 5) is 24.7. The van der Waals surface area contributed by atoms with Crippen LogP contribution in [-0.4, -0.2) is 47.4 Å². The number of ether oxygens (including phenoxy) is 1. The molecule has 0 aliphatic heterocycles. The molecule has 3 N–H and O–H groups in total. The minimum Gasteiger partial charge on any atom is -0.466 e. The van der Waals surface area contributed by atoms with Crippen LogP contribution in [0.5, 0.6) is 0 Å². The van der Waals surface area contributed by atoms with Crippen LogP contribution in [0.2, 0.25) is 0 Å². The molecular formula is C80H157NO5. The summed E-state index contributed by atoms with van der Waals surface area (Å²) in [5, 5.41) is 23.5. The molecule has 0 aliphatic rings. The van der Waals surface area contributed by atoms with E-state index in [4.69, 9.17) is 4.74 Å². The third-order valence-electron chi connectivity index (χ3n) is 19.1. The molecule has 6 nitrogen and oxygen atoms in total. The summed E-state index contributed by atoms with van der Waals surface area (Å²) in [5.41, 5.74) is 0. The highest BCUT2D eigenvalue weighted by Gasteiger charge is 2.20. The van der Waals surface area contributed by atoms with Crippen LogP contribution in [0.25, 0.3) is 0 Å². The number of aliphatic hydroxyl groups excluding tert-OH is 2. The number of rotatable bonds is 76. The number of unbranched alkanes of at least 4 members (excludes halogenated alkanes) is 63. The van der Waals surface area contributed by atoms with Gasteiger partial charge in [-0.15, -0.1) is 0 Å². The highest BCUT2D eigenvalue weighted by molar-refractivity contribution is 5.76. The molecule has 0 saturated heterocycles. The summed E-state index contributed by atoms with van der Waals surface area (Å²) in [5.74, 6) is -0.00513. The quantitative estimate of drug-likeness (QED) is 0.0320. The average Bonchev–Trinajstić information content (AvgIpc) is 3.59. The van der Waals surface area contributed by atoms with Gasteiger partial charge in [-0.25, -0.2) is 0 Å². The van der Waals surface area contributed by atoms with Gasteiger partial charge in [0, 0.05) is 12.8 Å². The van der Waals surface area contributed by atoms with Crippen molar-refractivity contribution in [1.82, 2.24) is 5.32 Å². The largest absolute Gasteiger partial charge is 0.466 e. The van der Waals surface area contributed by atoms with E-state index in [0.717, 1.165) is 38.5 Å². The second-order valence-electron chi connectivity index (χ2n) is 27.8. The monoisotopic (exact) mass is 1210 g/mol. The van der Waals surface area contributed by atoms with Crippen molar-refractivity contribution in [1.29, 1.82) is 0 Å². The van der Waals surface area contributed by atoms with Gasteiger partial charge in [-0.2, -0.15) is 0 Å². The number of esters is 1. The third-order valence-corrected chi connectivity index (χ3v) is 19.1. The van der Waals surface area contributed by atoms with Gasteiger partial charge in [0.15, 0.2) is 0 Å². The topological polar surface area (TPSA) is 95.9 Å². The predicted octanol–water partition coefficient (Wildman–Crippen LogP) is 26.3. The lowest BCUT2D eigenvalue weighted by molar-refractivity contribution is -0.143. The van der Waals surface area contributed by atoms with Crippen LogP contribution >= 0.6 is 0 Å². The molecule has 86 heavy (non-hydrogen) atoms. The summed E-state index contributed by atoms with van der Waals surface area (Å²) in [6.45, 7) is 5.02. The van der Waals surface area contributed by atoms with Crippen molar-refractivity contribution in [3.8, 4) is 0 Å². The van der Waals surface area contributed by atoms with Gasteiger partial charge in [-0.05, 0) is 51.4 Å². The molecule has 0 bridgehead atoms. The summed E-state index contributed by atoms with van der Waals surface area (Å²) in [7, 11) is 0. The van der Waals surface area contributed by atoms with E-state index < -0.39 is 12.1 Å². The van der Waals surface area contributed by atoms with Crippen LogP contribution in [0.4, 0.5) is 0 Å². The Morgan fingerprint density at radius 3 is 0.826 bits per heavy atom. The molecule has 0 saturated carbocycles. The summed E-state index contributed by atoms with van der Waals surface area (Å²) in [6.07, 6.45) is 95.9. The minimum absolute atomic E-state index is 0.0225. The Kier molecular flexibility index (Phi) is 74.8. The Morgan fingerprint density at radius 1 is 0.314 bits per heavy atom. The van der Waals surface area contributed by atoms with E-state index in [-0.39, 0.29) is 18.5 Å². The van der Waals surface area contributed by atoms with E-state index >= 15 is 0 Å². The minimum atomic E-state index is -0.664. The van der Waals surface area contributed by atoms with Crippen molar-refractivity contribution in [2.24, 2.45) is 0 Å². The molecule has 6 heteroatoms. The van der Waals surface area contributed by atoms with Crippen LogP contribution in [0.1, 0.15) is 463 Å². The average molecular weight is 1210 g/mol. The fourth-order valence-electron chi connectivity index (χ4n) is 13.0. The lowest BCUT2D eigenvalue weighted by atomic mass is 10.0. The van der Waals surface area contributed by atoms with Crippen LogP contribution in [0.3, 0.4) is 0 Å². The molecule has 2 unspecified atom stereocenters. The standard InChI is InChI=1S/C80H157NO5/c1-3-5-7-9-11-13-15-17-19-21-22-23-34-37-41-44-48-52-56-60-64-68-72-78(83)77(76-82)81-79(84)73-69-65-61-57-53-49-45-42-38-35-32-30-28-26-24-25-27-29-31-33-36-39-43-47-51-55-59-63-67-71-75-86-80(85)74-70-66-62-58-54-50-46-40-20-18-16-14-12-10-8-6-4-2/h25,27,77-78,82-83H,3-24,26,28-76H2,1-2H3,(H,81,84)/b27-25-. The zero-order valence-corrected chi connectivity index (χ0v) is 58.8. The molecule has 2 atom stereocenters. The number of hydrogen-bond acceptors (Lipinski definition) is 5. The molecule has 512 valence electrons. The molecule has 0 aromatic rings. The number of amides is 1. The molecule has 0 spiro atoms. The Hall–Kier alpha value is -1.40. The van der Waals surface area contributed by atoms with E-state index in [1.54, 1.807) is 0 Å². The van der Waals surface area contributed by atoms with Gasteiger partial charge in [0.25, 0.3) is 0 Å². The SMILES string of the molecule is CCCCCCCCCCCCCCCCCCCCCCCCC(O)C(CO)NC(=O)CCCCCCCCCCCCCCCC/C=C\CCCCCCCCCCCCCCOC(=O)CCCCCCCCCCCCCCCCCCC. The smallest absolute Gasteiger partial charge is 0.305 e. The zero-order valence-electron chi connectivity index (χ0n) is 58.8. The number of hydrogen-bond donors (Lipinski definition) is 3. The predicted molar refractivity (Wildman–Crippen MR) is 380 cm³/mol. The van der Waals surface area contributed by atoms with Crippen LogP contribution < -0.4 is 5.32 Å². The third kappa shape index (κ3) is 71.7. The molecule has 0 fully saturated rings. The molecule has 0 aromatic carbocycles. The maximum atomic E-state index is 12.6. The van der Waals surface area contributed by atoms with Gasteiger partial charge in [0.1, 0.15) is 0 Å². The van der Waals surface area contributed by atoms with Crippen molar-refractivity contribution >= 4 is 11.9 Å². The Labute approximate surface area is 539 Å². The zero-order chi connectivity index (χ0) is 62.0. The molecule has 1 amide bonds. The Morgan fingerprint density at radius 2 is 0.547 bits per heavy atom. The molecule has 0 heterocycles. The maximum Gasteiger partial charge on any atom is 0.305 e. The highest BCUT2D eigenvalue weighted by Crippen LogP contribution is 2.20. The molecule has 0 aliphatic carbocycles. The number of carbonyl (C=O) groups is 2. The van der Waals surface area contributed by atoms with Gasteiger partial charge in [0.2, 0.25) is 5.91 Å². The lowest BCUT2D eigenvalue weighted by Crippen LogP contribution is -2.45. The first-order valence-electron chi connectivity index (χ1n) is 39.9. The van der Waals surface area contributed by atoms with Crippen molar-refractivity contribution in [3.63, 3.8) is 0 Å². The highest BCUT2D eigenvalue weighted by atomic mass is 16.5. The van der Waals surface area contributed by atoms with Crippen molar-refractivity contribution < 1.29 is 24.5 Å².